The van der Waals surface area contributed by atoms with Crippen LogP contribution < -0.4 is 5.32 Å². The monoisotopic (exact) mass is 668 g/mol. The second-order valence-corrected chi connectivity index (χ2v) is 13.3. The molecule has 0 bridgehead atoms. The Hall–Kier alpha value is -2.17. The van der Waals surface area contributed by atoms with Crippen molar-refractivity contribution in [3.8, 4) is 0 Å². The maximum atomic E-state index is 12.3. The van der Waals surface area contributed by atoms with E-state index in [4.69, 9.17) is 0 Å². The van der Waals surface area contributed by atoms with E-state index in [0.717, 1.165) is 44.9 Å². The molecule has 0 spiro atoms. The Morgan fingerprint density at radius 3 is 1.29 bits per heavy atom. The summed E-state index contributed by atoms with van der Waals surface area (Å²) in [5.41, 5.74) is 0. The van der Waals surface area contributed by atoms with E-state index < -0.39 is 12.1 Å². The molecule has 2 unspecified atom stereocenters. The van der Waals surface area contributed by atoms with Gasteiger partial charge in [0.05, 0.1) is 18.8 Å². The Balaban J connectivity index is 3.71. The highest BCUT2D eigenvalue weighted by molar-refractivity contribution is 5.77. The molecule has 0 fully saturated rings. The van der Waals surface area contributed by atoms with Crippen molar-refractivity contribution in [2.24, 2.45) is 0 Å². The first kappa shape index (κ1) is 45.8. The fraction of sp³-hybridized carbons (Fsp3) is 0.705. The molecule has 4 nitrogen and oxygen atoms in total. The summed E-state index contributed by atoms with van der Waals surface area (Å²) in [6.45, 7) is 4.14. The average Bonchev–Trinajstić information content (AvgIpc) is 3.09. The quantitative estimate of drug-likeness (QED) is 0.0465. The van der Waals surface area contributed by atoms with Crippen LogP contribution in [-0.2, 0) is 4.79 Å². The summed E-state index contributed by atoms with van der Waals surface area (Å²) in [5.74, 6) is -0.193. The number of allylic oxidation sites excluding steroid dienone is 10. The lowest BCUT2D eigenvalue weighted by molar-refractivity contribution is -0.122. The highest BCUT2D eigenvalue weighted by Gasteiger charge is 2.17. The van der Waals surface area contributed by atoms with Gasteiger partial charge in [0.1, 0.15) is 0 Å². The number of aliphatic hydroxyl groups is 2. The molecule has 2 atom stereocenters. The Bertz CT molecular complexity index is 853. The van der Waals surface area contributed by atoms with Crippen LogP contribution >= 0.6 is 0 Å². The average molecular weight is 668 g/mol. The van der Waals surface area contributed by atoms with Gasteiger partial charge in [-0.3, -0.25) is 4.79 Å². The predicted octanol–water partition coefficient (Wildman–Crippen LogP) is 12.3. The second-order valence-electron chi connectivity index (χ2n) is 13.3. The van der Waals surface area contributed by atoms with Crippen LogP contribution in [0.25, 0.3) is 0 Å². The molecule has 0 aliphatic rings. The first-order valence-electron chi connectivity index (χ1n) is 20.2. The first-order valence-corrected chi connectivity index (χ1v) is 20.2. The zero-order chi connectivity index (χ0) is 35.0. The maximum absolute atomic E-state index is 12.3. The number of rotatable bonds is 35. The minimum absolute atomic E-state index is 0.193. The lowest BCUT2D eigenvalue weighted by Gasteiger charge is -2.19. The van der Waals surface area contributed by atoms with Crippen molar-refractivity contribution in [1.29, 1.82) is 0 Å². The highest BCUT2D eigenvalue weighted by Crippen LogP contribution is 2.15. The van der Waals surface area contributed by atoms with Crippen LogP contribution in [0.4, 0.5) is 0 Å². The minimum atomic E-state index is -0.882. The van der Waals surface area contributed by atoms with Crippen LogP contribution in [0.15, 0.2) is 72.9 Å². The largest absolute Gasteiger partial charge is 0.394 e. The van der Waals surface area contributed by atoms with Crippen molar-refractivity contribution in [3.63, 3.8) is 0 Å². The van der Waals surface area contributed by atoms with E-state index in [9.17, 15) is 15.0 Å². The van der Waals surface area contributed by atoms with E-state index in [2.05, 4.69) is 67.8 Å². The van der Waals surface area contributed by atoms with E-state index in [1.54, 1.807) is 6.08 Å². The van der Waals surface area contributed by atoms with E-state index in [1.807, 2.05) is 18.2 Å². The Morgan fingerprint density at radius 1 is 0.521 bits per heavy atom. The fourth-order valence-electron chi connectivity index (χ4n) is 5.66. The summed E-state index contributed by atoms with van der Waals surface area (Å²) in [5, 5.41) is 22.8. The molecule has 0 radical (unpaired) electrons. The van der Waals surface area contributed by atoms with Crippen molar-refractivity contribution in [1.82, 2.24) is 5.32 Å². The van der Waals surface area contributed by atoms with E-state index in [-0.39, 0.29) is 18.9 Å². The number of nitrogens with one attached hydrogen (secondary N) is 1. The van der Waals surface area contributed by atoms with Gasteiger partial charge in [-0.1, -0.05) is 202 Å². The normalized spacial score (nSPS) is 13.8. The third-order valence-corrected chi connectivity index (χ3v) is 8.72. The molecule has 0 aromatic rings. The van der Waals surface area contributed by atoms with Crippen LogP contribution in [0, 0.1) is 0 Å². The topological polar surface area (TPSA) is 69.6 Å². The molecule has 48 heavy (non-hydrogen) atoms. The molecule has 3 N–H and O–H groups in total. The summed E-state index contributed by atoms with van der Waals surface area (Å²) in [6, 6.07) is -0.679. The van der Waals surface area contributed by atoms with Crippen LogP contribution in [0.5, 0.6) is 0 Å². The summed E-state index contributed by atoms with van der Waals surface area (Å²) in [7, 11) is 0. The number of carbonyl (C=O) groups excluding carboxylic acids is 1. The van der Waals surface area contributed by atoms with E-state index in [0.29, 0.717) is 0 Å². The number of unbranched alkanes of at least 4 members (excludes halogenated alkanes) is 19. The lowest BCUT2D eigenvalue weighted by atomic mass is 10.0. The minimum Gasteiger partial charge on any atom is -0.394 e. The van der Waals surface area contributed by atoms with Crippen LogP contribution in [0.1, 0.15) is 181 Å². The SMILES string of the molecule is CC/C=C\C/C=C\C/C=C\C/C=C\C/C=C\CC(=O)NC(CO)C(O)/C=C/CCCCCCCCCCCCCCCCCCCCC. The van der Waals surface area contributed by atoms with Crippen molar-refractivity contribution in [2.75, 3.05) is 6.61 Å². The summed E-state index contributed by atoms with van der Waals surface area (Å²) < 4.78 is 0. The van der Waals surface area contributed by atoms with Crippen molar-refractivity contribution < 1.29 is 15.0 Å². The standard InChI is InChI=1S/C44H77NO3/c1-3-5-7-9-11-13-15-17-19-20-21-22-23-24-26-27-29-31-33-35-37-39-43(47)42(41-46)45-44(48)40-38-36-34-32-30-28-25-18-16-14-12-10-8-6-4-2/h6,8,12,14,18,25,30,32,36-39,42-43,46-47H,3-5,7,9-11,13,15-17,19-24,26-29,31,33-35,40-41H2,1-2H3,(H,45,48)/b8-6-,14-12-,25-18-,32-30-,38-36-,39-37+. The van der Waals surface area contributed by atoms with Crippen LogP contribution in [0.3, 0.4) is 0 Å². The van der Waals surface area contributed by atoms with Gasteiger partial charge < -0.3 is 15.5 Å². The zero-order valence-electron chi connectivity index (χ0n) is 31.5. The highest BCUT2D eigenvalue weighted by atomic mass is 16.3. The molecule has 0 aromatic carbocycles. The molecule has 0 saturated heterocycles. The Labute approximate surface area is 298 Å². The number of hydrogen-bond acceptors (Lipinski definition) is 3. The maximum Gasteiger partial charge on any atom is 0.224 e. The number of hydrogen-bond donors (Lipinski definition) is 3. The van der Waals surface area contributed by atoms with Crippen LogP contribution in [-0.4, -0.2) is 34.9 Å². The predicted molar refractivity (Wildman–Crippen MR) is 211 cm³/mol. The molecule has 4 heteroatoms. The van der Waals surface area contributed by atoms with Gasteiger partial charge in [0.15, 0.2) is 0 Å². The molecular formula is C44H77NO3. The third-order valence-electron chi connectivity index (χ3n) is 8.72. The smallest absolute Gasteiger partial charge is 0.224 e. The molecule has 0 heterocycles. The van der Waals surface area contributed by atoms with Crippen molar-refractivity contribution in [2.45, 2.75) is 193 Å². The number of amides is 1. The summed E-state index contributed by atoms with van der Waals surface area (Å²) in [6.07, 6.45) is 55.9. The molecule has 0 aromatic heterocycles. The van der Waals surface area contributed by atoms with Gasteiger partial charge in [0.2, 0.25) is 5.91 Å². The van der Waals surface area contributed by atoms with Gasteiger partial charge >= 0.3 is 0 Å². The second kappa shape index (κ2) is 39.3. The fourth-order valence-corrected chi connectivity index (χ4v) is 5.66. The van der Waals surface area contributed by atoms with Gasteiger partial charge in [-0.15, -0.1) is 0 Å². The Kier molecular flexibility index (Phi) is 37.5. The van der Waals surface area contributed by atoms with Crippen molar-refractivity contribution >= 4 is 5.91 Å². The van der Waals surface area contributed by atoms with Gasteiger partial charge in [0, 0.05) is 6.42 Å². The van der Waals surface area contributed by atoms with Gasteiger partial charge in [-0.2, -0.15) is 0 Å². The molecule has 0 saturated carbocycles. The van der Waals surface area contributed by atoms with Gasteiger partial charge in [0.25, 0.3) is 0 Å². The van der Waals surface area contributed by atoms with Gasteiger partial charge in [-0.05, 0) is 44.9 Å². The number of aliphatic hydroxyl groups excluding tert-OH is 2. The third kappa shape index (κ3) is 35.1. The number of carbonyl (C=O) groups is 1. The molecule has 0 aliphatic heterocycles. The zero-order valence-corrected chi connectivity index (χ0v) is 31.5. The molecule has 1 amide bonds. The molecule has 0 rings (SSSR count). The first-order chi connectivity index (χ1) is 23.7. The van der Waals surface area contributed by atoms with E-state index >= 15 is 0 Å². The lowest BCUT2D eigenvalue weighted by Crippen LogP contribution is -2.44. The Morgan fingerprint density at radius 2 is 0.896 bits per heavy atom. The van der Waals surface area contributed by atoms with Crippen molar-refractivity contribution in [3.05, 3.63) is 72.9 Å². The van der Waals surface area contributed by atoms with E-state index in [1.165, 1.54) is 116 Å². The molecular weight excluding hydrogens is 590 g/mol. The summed E-state index contributed by atoms with van der Waals surface area (Å²) in [4.78, 5) is 12.3. The summed E-state index contributed by atoms with van der Waals surface area (Å²) >= 11 is 0. The van der Waals surface area contributed by atoms with Crippen LogP contribution in [0.2, 0.25) is 0 Å². The molecule has 276 valence electrons. The van der Waals surface area contributed by atoms with Gasteiger partial charge in [-0.25, -0.2) is 0 Å². The molecule has 0 aliphatic carbocycles.